The highest BCUT2D eigenvalue weighted by Gasteiger charge is 2.28. The molecule has 1 heterocycles. The van der Waals surface area contributed by atoms with E-state index in [1.54, 1.807) is 18.3 Å². The van der Waals surface area contributed by atoms with Crippen molar-refractivity contribution in [2.75, 3.05) is 6.61 Å². The number of hydrogen-bond donors (Lipinski definition) is 2. The lowest BCUT2D eigenvalue weighted by Crippen LogP contribution is -2.39. The predicted molar refractivity (Wildman–Crippen MR) is 82.0 cm³/mol. The Morgan fingerprint density at radius 3 is 2.73 bits per heavy atom. The van der Waals surface area contributed by atoms with Gasteiger partial charge in [-0.25, -0.2) is 0 Å². The summed E-state index contributed by atoms with van der Waals surface area (Å²) in [5.74, 6) is -0.261. The minimum atomic E-state index is -0.117. The number of rotatable bonds is 5. The molecular formula is C16H23N3O3. The van der Waals surface area contributed by atoms with Crippen LogP contribution in [0.4, 0.5) is 0 Å². The Morgan fingerprint density at radius 2 is 2.09 bits per heavy atom. The first kappa shape index (κ1) is 16.4. The Balaban J connectivity index is 1.85. The molecule has 1 aromatic heterocycles. The third kappa shape index (κ3) is 4.27. The van der Waals surface area contributed by atoms with Crippen molar-refractivity contribution in [2.24, 2.45) is 11.7 Å². The van der Waals surface area contributed by atoms with Gasteiger partial charge in [0.1, 0.15) is 0 Å². The number of nitrogens with two attached hydrogens (primary N) is 1. The Morgan fingerprint density at radius 1 is 1.36 bits per heavy atom. The molecule has 6 heteroatoms. The number of aromatic nitrogens is 1. The minimum Gasteiger partial charge on any atom is -0.466 e. The Labute approximate surface area is 130 Å². The molecule has 3 N–H and O–H groups in total. The number of pyridine rings is 1. The summed E-state index contributed by atoms with van der Waals surface area (Å²) < 4.78 is 5.05. The summed E-state index contributed by atoms with van der Waals surface area (Å²) in [6.07, 6.45) is 4.70. The van der Waals surface area contributed by atoms with Crippen LogP contribution in [0, 0.1) is 5.92 Å². The predicted octanol–water partition coefficient (Wildman–Crippen LogP) is 1.39. The Bertz CT molecular complexity index is 525. The van der Waals surface area contributed by atoms with Crippen LogP contribution in [-0.4, -0.2) is 29.5 Å². The van der Waals surface area contributed by atoms with Gasteiger partial charge in [-0.1, -0.05) is 0 Å². The van der Waals surface area contributed by atoms with Crippen LogP contribution in [0.2, 0.25) is 0 Å². The highest BCUT2D eigenvalue weighted by molar-refractivity contribution is 5.94. The number of nitrogens with zero attached hydrogens (tertiary/aromatic N) is 1. The van der Waals surface area contributed by atoms with E-state index in [1.807, 2.05) is 6.92 Å². The van der Waals surface area contributed by atoms with Gasteiger partial charge in [-0.3, -0.25) is 14.6 Å². The summed E-state index contributed by atoms with van der Waals surface area (Å²) in [7, 11) is 0. The van der Waals surface area contributed by atoms with E-state index in [9.17, 15) is 9.59 Å². The van der Waals surface area contributed by atoms with Gasteiger partial charge in [0.05, 0.1) is 18.2 Å². The summed E-state index contributed by atoms with van der Waals surface area (Å²) in [5.41, 5.74) is 6.80. The van der Waals surface area contributed by atoms with Crippen molar-refractivity contribution in [1.29, 1.82) is 0 Å². The molecule has 0 atom stereocenters. The lowest BCUT2D eigenvalue weighted by Gasteiger charge is -2.27. The smallest absolute Gasteiger partial charge is 0.308 e. The van der Waals surface area contributed by atoms with Gasteiger partial charge in [0.15, 0.2) is 0 Å². The topological polar surface area (TPSA) is 94.3 Å². The molecule has 0 bridgehead atoms. The zero-order valence-electron chi connectivity index (χ0n) is 12.9. The van der Waals surface area contributed by atoms with Crippen molar-refractivity contribution in [3.63, 3.8) is 0 Å². The summed E-state index contributed by atoms with van der Waals surface area (Å²) in [6, 6.07) is 3.49. The van der Waals surface area contributed by atoms with Crippen molar-refractivity contribution in [2.45, 2.75) is 45.2 Å². The molecule has 0 spiro atoms. The first-order valence-electron chi connectivity index (χ1n) is 7.76. The van der Waals surface area contributed by atoms with E-state index in [-0.39, 0.29) is 23.8 Å². The highest BCUT2D eigenvalue weighted by Crippen LogP contribution is 2.25. The van der Waals surface area contributed by atoms with Crippen molar-refractivity contribution >= 4 is 11.9 Å². The molecule has 22 heavy (non-hydrogen) atoms. The van der Waals surface area contributed by atoms with Crippen LogP contribution in [0.25, 0.3) is 0 Å². The third-order valence-electron chi connectivity index (χ3n) is 3.97. The maximum atomic E-state index is 12.2. The Hall–Kier alpha value is -1.95. The van der Waals surface area contributed by atoms with Crippen LogP contribution in [0.15, 0.2) is 18.3 Å². The van der Waals surface area contributed by atoms with E-state index < -0.39 is 0 Å². The van der Waals surface area contributed by atoms with E-state index in [0.717, 1.165) is 25.7 Å². The van der Waals surface area contributed by atoms with Gasteiger partial charge >= 0.3 is 5.97 Å². The SMILES string of the molecule is CCOC(=O)C1CCC(NC(=O)c2ccnc(CN)c2)CC1. The molecule has 2 rings (SSSR count). The first-order valence-corrected chi connectivity index (χ1v) is 7.76. The summed E-state index contributed by atoms with van der Waals surface area (Å²) in [4.78, 5) is 28.0. The van der Waals surface area contributed by atoms with Gasteiger partial charge in [-0.15, -0.1) is 0 Å². The number of esters is 1. The summed E-state index contributed by atoms with van der Waals surface area (Å²) in [6.45, 7) is 2.54. The molecule has 0 saturated heterocycles. The first-order chi connectivity index (χ1) is 10.6. The number of hydrogen-bond acceptors (Lipinski definition) is 5. The number of ether oxygens (including phenoxy) is 1. The van der Waals surface area contributed by atoms with Gasteiger partial charge < -0.3 is 15.8 Å². The standard InChI is InChI=1S/C16H23N3O3/c1-2-22-16(21)11-3-5-13(6-4-11)19-15(20)12-7-8-18-14(9-12)10-17/h7-9,11,13H,2-6,10,17H2,1H3,(H,19,20). The van der Waals surface area contributed by atoms with Crippen LogP contribution in [0.1, 0.15) is 48.7 Å². The summed E-state index contributed by atoms with van der Waals surface area (Å²) >= 11 is 0. The average Bonchev–Trinajstić information content (AvgIpc) is 2.55. The molecule has 1 fully saturated rings. The van der Waals surface area contributed by atoms with Crippen molar-refractivity contribution < 1.29 is 14.3 Å². The second-order valence-electron chi connectivity index (χ2n) is 5.51. The highest BCUT2D eigenvalue weighted by atomic mass is 16.5. The van der Waals surface area contributed by atoms with E-state index >= 15 is 0 Å². The lowest BCUT2D eigenvalue weighted by molar-refractivity contribution is -0.149. The van der Waals surface area contributed by atoms with Crippen LogP contribution in [0.5, 0.6) is 0 Å². The number of carbonyl (C=O) groups is 2. The van der Waals surface area contributed by atoms with Crippen molar-refractivity contribution in [1.82, 2.24) is 10.3 Å². The van der Waals surface area contributed by atoms with E-state index in [1.165, 1.54) is 0 Å². The van der Waals surface area contributed by atoms with Crippen LogP contribution < -0.4 is 11.1 Å². The molecule has 0 aliphatic heterocycles. The van der Waals surface area contributed by atoms with Gasteiger partial charge in [0.2, 0.25) is 0 Å². The fourth-order valence-corrected chi connectivity index (χ4v) is 2.73. The molecule has 0 unspecified atom stereocenters. The van der Waals surface area contributed by atoms with Crippen LogP contribution >= 0.6 is 0 Å². The van der Waals surface area contributed by atoms with Crippen LogP contribution in [0.3, 0.4) is 0 Å². The van der Waals surface area contributed by atoms with E-state index in [0.29, 0.717) is 24.4 Å². The quantitative estimate of drug-likeness (QED) is 0.802. The van der Waals surface area contributed by atoms with E-state index in [4.69, 9.17) is 10.5 Å². The van der Waals surface area contributed by atoms with Gasteiger partial charge in [-0.2, -0.15) is 0 Å². The average molecular weight is 305 g/mol. The molecule has 0 aromatic carbocycles. The largest absolute Gasteiger partial charge is 0.466 e. The zero-order valence-corrected chi connectivity index (χ0v) is 12.9. The van der Waals surface area contributed by atoms with Crippen LogP contribution in [-0.2, 0) is 16.1 Å². The molecule has 1 aliphatic rings. The molecular weight excluding hydrogens is 282 g/mol. The lowest BCUT2D eigenvalue weighted by atomic mass is 9.86. The molecule has 0 radical (unpaired) electrons. The maximum absolute atomic E-state index is 12.2. The van der Waals surface area contributed by atoms with Crippen molar-refractivity contribution in [3.8, 4) is 0 Å². The fourth-order valence-electron chi connectivity index (χ4n) is 2.73. The fraction of sp³-hybridized carbons (Fsp3) is 0.562. The molecule has 1 saturated carbocycles. The zero-order chi connectivity index (χ0) is 15.9. The maximum Gasteiger partial charge on any atom is 0.308 e. The minimum absolute atomic E-state index is 0.0297. The second-order valence-corrected chi connectivity index (χ2v) is 5.51. The van der Waals surface area contributed by atoms with Gasteiger partial charge in [-0.05, 0) is 44.7 Å². The molecule has 120 valence electrons. The number of nitrogens with one attached hydrogen (secondary N) is 1. The molecule has 1 aromatic rings. The Kier molecular flexibility index (Phi) is 5.89. The monoisotopic (exact) mass is 305 g/mol. The van der Waals surface area contributed by atoms with E-state index in [2.05, 4.69) is 10.3 Å². The molecule has 6 nitrogen and oxygen atoms in total. The van der Waals surface area contributed by atoms with Crippen molar-refractivity contribution in [3.05, 3.63) is 29.6 Å². The summed E-state index contributed by atoms with van der Waals surface area (Å²) in [5, 5.41) is 3.02. The number of amides is 1. The van der Waals surface area contributed by atoms with Gasteiger partial charge in [0, 0.05) is 24.3 Å². The van der Waals surface area contributed by atoms with Gasteiger partial charge in [0.25, 0.3) is 5.91 Å². The second kappa shape index (κ2) is 7.89. The normalized spacial score (nSPS) is 21.2. The molecule has 1 aliphatic carbocycles. The molecule has 1 amide bonds. The number of carbonyl (C=O) groups excluding carboxylic acids is 2. The third-order valence-corrected chi connectivity index (χ3v) is 3.97.